The number of para-hydroxylation sites is 1. The molecule has 3 aromatic rings. The van der Waals surface area contributed by atoms with Crippen molar-refractivity contribution in [3.05, 3.63) is 113 Å². The molecule has 0 radical (unpaired) electrons. The lowest BCUT2D eigenvalue weighted by molar-refractivity contribution is -0.139. The molecule has 8 heteroatoms. The molecule has 3 aromatic carbocycles. The van der Waals surface area contributed by atoms with E-state index >= 15 is 0 Å². The molecule has 42 heavy (non-hydrogen) atoms. The van der Waals surface area contributed by atoms with Gasteiger partial charge >= 0.3 is 5.97 Å². The van der Waals surface area contributed by atoms with E-state index in [2.05, 4.69) is 5.32 Å². The molecule has 0 aliphatic carbocycles. The number of hydrogen-bond acceptors (Lipinski definition) is 5. The largest absolute Gasteiger partial charge is 0.481 e. The average molecular weight is 575 g/mol. The van der Waals surface area contributed by atoms with Crippen molar-refractivity contribution in [3.63, 3.8) is 0 Å². The average Bonchev–Trinajstić information content (AvgIpc) is 2.94. The number of allylic oxidation sites excluding steroid dienone is 1. The van der Waals surface area contributed by atoms with E-state index in [1.54, 1.807) is 31.2 Å². The number of carbonyl (C=O) groups is 2. The number of amides is 1. The Hall–Kier alpha value is -4.27. The van der Waals surface area contributed by atoms with Gasteiger partial charge in [-0.25, -0.2) is 4.39 Å². The second-order valence-corrected chi connectivity index (χ2v) is 10.5. The van der Waals surface area contributed by atoms with Crippen LogP contribution in [0.4, 0.5) is 10.1 Å². The summed E-state index contributed by atoms with van der Waals surface area (Å²) in [4.78, 5) is 26.5. The fraction of sp³-hybridized carbons (Fsp3) is 0.294. The number of aliphatic carboxylic acids is 1. The fourth-order valence-electron chi connectivity index (χ4n) is 4.82. The van der Waals surface area contributed by atoms with Gasteiger partial charge in [0, 0.05) is 29.2 Å². The van der Waals surface area contributed by atoms with Crippen LogP contribution in [-0.4, -0.2) is 50.8 Å². The molecule has 1 amide bonds. The van der Waals surface area contributed by atoms with Gasteiger partial charge in [-0.1, -0.05) is 62.4 Å². The van der Waals surface area contributed by atoms with Crippen LogP contribution in [0.15, 0.2) is 96.2 Å². The summed E-state index contributed by atoms with van der Waals surface area (Å²) in [7, 11) is 0. The van der Waals surface area contributed by atoms with Gasteiger partial charge in [0.1, 0.15) is 5.82 Å². The first-order chi connectivity index (χ1) is 20.0. The molecule has 3 rings (SSSR count). The van der Waals surface area contributed by atoms with E-state index in [9.17, 15) is 24.2 Å². The number of hydrogen-bond donors (Lipinski definition) is 4. The monoisotopic (exact) mass is 574 g/mol. The number of nitrogens with zero attached hydrogens (tertiary/aromatic N) is 1. The number of carbonyl (C=O) groups excluding carboxylic acids is 1. The van der Waals surface area contributed by atoms with Crippen molar-refractivity contribution in [2.24, 2.45) is 5.92 Å². The predicted molar refractivity (Wildman–Crippen MR) is 164 cm³/mol. The molecular weight excluding hydrogens is 535 g/mol. The first kappa shape index (κ1) is 32.2. The lowest BCUT2D eigenvalue weighted by atomic mass is 9.98. The standard InChI is InChI=1S/C34H39FN2O5/c1-23(2)33(24(3)34(42)36-28-12-8-5-9-13-28)37(19-18-29(38)21-30(39)22-32(40)41)31(20-25-10-6-4-7-11-25)26-14-16-27(35)17-15-26/h4-17,20,23,29-30,38-39H,18-19,21-22H2,1-3H3,(H,36,42)(H,40,41)/b31-20+,33-24+. The van der Waals surface area contributed by atoms with E-state index in [1.165, 1.54) is 12.1 Å². The van der Waals surface area contributed by atoms with Crippen LogP contribution in [0, 0.1) is 11.7 Å². The normalized spacial score (nSPS) is 13.7. The number of aliphatic hydroxyl groups is 2. The maximum Gasteiger partial charge on any atom is 0.305 e. The molecule has 0 bridgehead atoms. The van der Waals surface area contributed by atoms with E-state index in [0.29, 0.717) is 28.2 Å². The van der Waals surface area contributed by atoms with E-state index in [1.807, 2.05) is 73.4 Å². The van der Waals surface area contributed by atoms with Crippen LogP contribution < -0.4 is 5.32 Å². The molecule has 2 unspecified atom stereocenters. The van der Waals surface area contributed by atoms with E-state index in [-0.39, 0.29) is 37.0 Å². The molecule has 0 heterocycles. The molecule has 7 nitrogen and oxygen atoms in total. The Bertz CT molecular complexity index is 1370. The maximum absolute atomic E-state index is 14.0. The summed E-state index contributed by atoms with van der Waals surface area (Å²) < 4.78 is 14.0. The van der Waals surface area contributed by atoms with Crippen molar-refractivity contribution >= 4 is 29.3 Å². The summed E-state index contributed by atoms with van der Waals surface area (Å²) in [6.07, 6.45) is -0.647. The molecular formula is C34H39FN2O5. The van der Waals surface area contributed by atoms with Crippen molar-refractivity contribution in [3.8, 4) is 0 Å². The number of benzene rings is 3. The zero-order chi connectivity index (χ0) is 30.6. The Kier molecular flexibility index (Phi) is 12.0. The highest BCUT2D eigenvalue weighted by Crippen LogP contribution is 2.33. The van der Waals surface area contributed by atoms with Gasteiger partial charge in [-0.3, -0.25) is 9.59 Å². The number of nitrogens with one attached hydrogen (secondary N) is 1. The number of rotatable bonds is 14. The summed E-state index contributed by atoms with van der Waals surface area (Å²) in [5, 5.41) is 32.8. The minimum atomic E-state index is -1.19. The minimum Gasteiger partial charge on any atom is -0.481 e. The lowest BCUT2D eigenvalue weighted by Gasteiger charge is -2.35. The van der Waals surface area contributed by atoms with Gasteiger partial charge in [0.2, 0.25) is 0 Å². The molecule has 0 spiro atoms. The zero-order valence-corrected chi connectivity index (χ0v) is 24.2. The zero-order valence-electron chi connectivity index (χ0n) is 24.2. The molecule has 2 atom stereocenters. The molecule has 0 saturated carbocycles. The summed E-state index contributed by atoms with van der Waals surface area (Å²) in [5.74, 6) is -1.96. The molecule has 0 aliphatic rings. The van der Waals surface area contributed by atoms with Crippen LogP contribution in [0.5, 0.6) is 0 Å². The molecule has 0 fully saturated rings. The van der Waals surface area contributed by atoms with Crippen molar-refractivity contribution in [2.75, 3.05) is 11.9 Å². The van der Waals surface area contributed by atoms with E-state index in [4.69, 9.17) is 5.11 Å². The van der Waals surface area contributed by atoms with Gasteiger partial charge in [0.15, 0.2) is 0 Å². The van der Waals surface area contributed by atoms with Crippen LogP contribution in [0.1, 0.15) is 51.2 Å². The Balaban J connectivity index is 2.11. The third kappa shape index (κ3) is 9.68. The first-order valence-corrected chi connectivity index (χ1v) is 14.0. The van der Waals surface area contributed by atoms with Crippen molar-refractivity contribution < 1.29 is 29.3 Å². The van der Waals surface area contributed by atoms with Crippen LogP contribution >= 0.6 is 0 Å². The van der Waals surface area contributed by atoms with Gasteiger partial charge in [-0.15, -0.1) is 0 Å². The fourth-order valence-corrected chi connectivity index (χ4v) is 4.82. The summed E-state index contributed by atoms with van der Waals surface area (Å²) >= 11 is 0. The van der Waals surface area contributed by atoms with Crippen LogP contribution in [-0.2, 0) is 9.59 Å². The molecule has 0 aromatic heterocycles. The molecule has 0 saturated heterocycles. The van der Waals surface area contributed by atoms with Crippen molar-refractivity contribution in [1.82, 2.24) is 4.90 Å². The second kappa shape index (κ2) is 15.7. The molecule has 0 aliphatic heterocycles. The number of carboxylic acid groups (broad SMARTS) is 1. The van der Waals surface area contributed by atoms with E-state index in [0.717, 1.165) is 5.56 Å². The Labute approximate surface area is 246 Å². The van der Waals surface area contributed by atoms with Gasteiger partial charge in [0.25, 0.3) is 5.91 Å². The second-order valence-electron chi connectivity index (χ2n) is 10.5. The number of halogens is 1. The highest BCUT2D eigenvalue weighted by molar-refractivity contribution is 6.04. The number of carboxylic acids is 1. The Morgan fingerprint density at radius 1 is 0.905 bits per heavy atom. The number of aliphatic hydroxyl groups excluding tert-OH is 2. The topological polar surface area (TPSA) is 110 Å². The van der Waals surface area contributed by atoms with E-state index < -0.39 is 24.6 Å². The van der Waals surface area contributed by atoms with Crippen LogP contribution in [0.2, 0.25) is 0 Å². The SMILES string of the molecule is C/C(C(=O)Nc1ccccc1)=C(/C(C)C)N(CCC(O)CC(O)CC(=O)O)/C(=C/c1ccccc1)c1ccc(F)cc1. The third-order valence-corrected chi connectivity index (χ3v) is 6.77. The van der Waals surface area contributed by atoms with Crippen molar-refractivity contribution in [1.29, 1.82) is 0 Å². The summed E-state index contributed by atoms with van der Waals surface area (Å²) in [6.45, 7) is 5.93. The molecule has 4 N–H and O–H groups in total. The first-order valence-electron chi connectivity index (χ1n) is 14.0. The Morgan fingerprint density at radius 2 is 1.50 bits per heavy atom. The smallest absolute Gasteiger partial charge is 0.305 e. The van der Waals surface area contributed by atoms with Crippen molar-refractivity contribution in [2.45, 2.75) is 52.2 Å². The quantitative estimate of drug-likeness (QED) is 0.135. The summed E-state index contributed by atoms with van der Waals surface area (Å²) in [6, 6.07) is 24.8. The van der Waals surface area contributed by atoms with Gasteiger partial charge in [-0.2, -0.15) is 0 Å². The minimum absolute atomic E-state index is 0.109. The highest BCUT2D eigenvalue weighted by Gasteiger charge is 2.25. The molecule has 222 valence electrons. The summed E-state index contributed by atoms with van der Waals surface area (Å²) in [5.41, 5.74) is 4.10. The maximum atomic E-state index is 14.0. The van der Waals surface area contributed by atoms with Crippen LogP contribution in [0.3, 0.4) is 0 Å². The lowest BCUT2D eigenvalue weighted by Crippen LogP contribution is -2.32. The van der Waals surface area contributed by atoms with Crippen LogP contribution in [0.25, 0.3) is 11.8 Å². The van der Waals surface area contributed by atoms with Gasteiger partial charge in [-0.05, 0) is 79.3 Å². The van der Waals surface area contributed by atoms with Gasteiger partial charge in [0.05, 0.1) is 18.6 Å². The highest BCUT2D eigenvalue weighted by atomic mass is 19.1. The predicted octanol–water partition coefficient (Wildman–Crippen LogP) is 6.17. The third-order valence-electron chi connectivity index (χ3n) is 6.77. The Morgan fingerprint density at radius 3 is 2.07 bits per heavy atom. The number of anilines is 1. The van der Waals surface area contributed by atoms with Gasteiger partial charge < -0.3 is 25.5 Å².